The van der Waals surface area contributed by atoms with Crippen LogP contribution in [-0.2, 0) is 10.2 Å². The monoisotopic (exact) mass is 382 g/mol. The summed E-state index contributed by atoms with van der Waals surface area (Å²) in [6, 6.07) is 5.26. The van der Waals surface area contributed by atoms with Gasteiger partial charge in [-0.2, -0.15) is 0 Å². The lowest BCUT2D eigenvalue weighted by molar-refractivity contribution is -0.121. The molecule has 1 saturated heterocycles. The molecule has 2 aliphatic rings. The van der Waals surface area contributed by atoms with Crippen LogP contribution in [0.25, 0.3) is 0 Å². The number of carbonyl (C=O) groups is 2. The van der Waals surface area contributed by atoms with Gasteiger partial charge in [0.25, 0.3) is 5.91 Å². The zero-order valence-corrected chi connectivity index (χ0v) is 16.3. The van der Waals surface area contributed by atoms with Crippen molar-refractivity contribution < 1.29 is 19.1 Å². The lowest BCUT2D eigenvalue weighted by Crippen LogP contribution is -2.40. The third-order valence-corrected chi connectivity index (χ3v) is 5.11. The molecule has 0 radical (unpaired) electrons. The molecule has 0 aliphatic carbocycles. The summed E-state index contributed by atoms with van der Waals surface area (Å²) in [5, 5.41) is 2.62. The van der Waals surface area contributed by atoms with E-state index in [1.54, 1.807) is 19.9 Å². The summed E-state index contributed by atoms with van der Waals surface area (Å²) in [6.45, 7) is 8.33. The smallest absolute Gasteiger partial charge is 0.329 e. The van der Waals surface area contributed by atoms with Gasteiger partial charge in [0.05, 0.1) is 24.7 Å². The third kappa shape index (κ3) is 3.04. The quantitative estimate of drug-likeness (QED) is 0.820. The Labute approximate surface area is 162 Å². The standard InChI is InChI=1S/C20H22N4O4/c1-19(2)7-8-27-15-6-5-13(9-14(15)19)28-17-21-10-12(11-22-17)24-16(25)20(3,4)23-18(24)26/h5-6,9-11H,7-8H2,1-4H3,(H,23,26). The maximum absolute atomic E-state index is 12.4. The topological polar surface area (TPSA) is 93.7 Å². The van der Waals surface area contributed by atoms with Gasteiger partial charge in [-0.05, 0) is 43.9 Å². The summed E-state index contributed by atoms with van der Waals surface area (Å²) in [5.74, 6) is 1.11. The Morgan fingerprint density at radius 1 is 1.14 bits per heavy atom. The largest absolute Gasteiger partial charge is 0.493 e. The van der Waals surface area contributed by atoms with Crippen LogP contribution in [-0.4, -0.2) is 34.1 Å². The van der Waals surface area contributed by atoms with E-state index in [9.17, 15) is 9.59 Å². The van der Waals surface area contributed by atoms with Crippen molar-refractivity contribution in [2.45, 2.75) is 45.1 Å². The lowest BCUT2D eigenvalue weighted by Gasteiger charge is -2.32. The highest BCUT2D eigenvalue weighted by molar-refractivity contribution is 6.22. The summed E-state index contributed by atoms with van der Waals surface area (Å²) < 4.78 is 11.5. The SMILES string of the molecule is CC1(C)NC(=O)N(c2cnc(Oc3ccc4c(c3)C(C)(C)CCO4)nc2)C1=O. The first kappa shape index (κ1) is 18.2. The first-order valence-corrected chi connectivity index (χ1v) is 9.11. The van der Waals surface area contributed by atoms with Crippen LogP contribution in [0, 0.1) is 0 Å². The second-order valence-electron chi connectivity index (χ2n) is 8.16. The number of rotatable bonds is 3. The van der Waals surface area contributed by atoms with Crippen molar-refractivity contribution in [3.63, 3.8) is 0 Å². The van der Waals surface area contributed by atoms with E-state index in [4.69, 9.17) is 9.47 Å². The van der Waals surface area contributed by atoms with Crippen molar-refractivity contribution >= 4 is 17.6 Å². The molecule has 3 amide bonds. The molecule has 28 heavy (non-hydrogen) atoms. The third-order valence-electron chi connectivity index (χ3n) is 5.11. The van der Waals surface area contributed by atoms with Crippen LogP contribution in [0.15, 0.2) is 30.6 Å². The average molecular weight is 382 g/mol. The molecule has 2 aromatic rings. The summed E-state index contributed by atoms with van der Waals surface area (Å²) in [4.78, 5) is 33.7. The second kappa shape index (κ2) is 6.19. The minimum atomic E-state index is -0.954. The molecule has 0 atom stereocenters. The van der Waals surface area contributed by atoms with Gasteiger partial charge >= 0.3 is 12.0 Å². The predicted molar refractivity (Wildman–Crippen MR) is 102 cm³/mol. The molecule has 1 fully saturated rings. The average Bonchev–Trinajstić information content (AvgIpc) is 2.83. The van der Waals surface area contributed by atoms with Crippen molar-refractivity contribution in [2.24, 2.45) is 0 Å². The Morgan fingerprint density at radius 2 is 1.86 bits per heavy atom. The fourth-order valence-corrected chi connectivity index (χ4v) is 3.34. The molecule has 8 nitrogen and oxygen atoms in total. The zero-order valence-electron chi connectivity index (χ0n) is 16.3. The normalized spacial score (nSPS) is 19.6. The van der Waals surface area contributed by atoms with Crippen LogP contribution in [0.4, 0.5) is 10.5 Å². The first-order valence-electron chi connectivity index (χ1n) is 9.11. The minimum Gasteiger partial charge on any atom is -0.493 e. The van der Waals surface area contributed by atoms with Gasteiger partial charge in [0, 0.05) is 5.56 Å². The molecular formula is C20H22N4O4. The Morgan fingerprint density at radius 3 is 2.50 bits per heavy atom. The van der Waals surface area contributed by atoms with Crippen molar-refractivity contribution in [2.75, 3.05) is 11.5 Å². The highest BCUT2D eigenvalue weighted by Crippen LogP contribution is 2.40. The van der Waals surface area contributed by atoms with Crippen LogP contribution in [0.2, 0.25) is 0 Å². The summed E-state index contributed by atoms with van der Waals surface area (Å²) >= 11 is 0. The molecule has 146 valence electrons. The molecule has 3 heterocycles. The first-order chi connectivity index (χ1) is 13.2. The van der Waals surface area contributed by atoms with E-state index in [1.165, 1.54) is 12.4 Å². The summed E-state index contributed by atoms with van der Waals surface area (Å²) in [6.07, 6.45) is 3.72. The van der Waals surface area contributed by atoms with E-state index in [1.807, 2.05) is 12.1 Å². The number of nitrogens with one attached hydrogen (secondary N) is 1. The van der Waals surface area contributed by atoms with Crippen molar-refractivity contribution in [3.8, 4) is 17.5 Å². The highest BCUT2D eigenvalue weighted by Gasteiger charge is 2.45. The van der Waals surface area contributed by atoms with Gasteiger partial charge in [-0.3, -0.25) is 4.79 Å². The number of urea groups is 1. The molecular weight excluding hydrogens is 360 g/mol. The van der Waals surface area contributed by atoms with E-state index >= 15 is 0 Å². The molecule has 4 rings (SSSR count). The number of amides is 3. The molecule has 2 aliphatic heterocycles. The van der Waals surface area contributed by atoms with Gasteiger partial charge in [0.1, 0.15) is 17.0 Å². The molecule has 1 aromatic carbocycles. The van der Waals surface area contributed by atoms with Gasteiger partial charge in [-0.15, -0.1) is 0 Å². The second-order valence-corrected chi connectivity index (χ2v) is 8.16. The number of fused-ring (bicyclic) bond motifs is 1. The van der Waals surface area contributed by atoms with E-state index < -0.39 is 11.6 Å². The maximum atomic E-state index is 12.4. The number of ether oxygens (including phenoxy) is 2. The fraction of sp³-hybridized carbons (Fsp3) is 0.400. The van der Waals surface area contributed by atoms with Gasteiger partial charge in [-0.1, -0.05) is 13.8 Å². The maximum Gasteiger partial charge on any atom is 0.329 e. The van der Waals surface area contributed by atoms with E-state index in [-0.39, 0.29) is 17.3 Å². The van der Waals surface area contributed by atoms with Gasteiger partial charge in [0.2, 0.25) is 0 Å². The number of hydrogen-bond acceptors (Lipinski definition) is 6. The summed E-state index contributed by atoms with van der Waals surface area (Å²) in [5.41, 5.74) is 0.410. The van der Waals surface area contributed by atoms with E-state index in [0.717, 1.165) is 22.6 Å². The molecule has 1 N–H and O–H groups in total. The molecule has 0 unspecified atom stereocenters. The van der Waals surface area contributed by atoms with Crippen molar-refractivity contribution in [1.82, 2.24) is 15.3 Å². The van der Waals surface area contributed by atoms with Crippen LogP contribution in [0.5, 0.6) is 17.5 Å². The van der Waals surface area contributed by atoms with E-state index in [0.29, 0.717) is 18.0 Å². The Kier molecular flexibility index (Phi) is 4.02. The lowest BCUT2D eigenvalue weighted by atomic mass is 9.80. The molecule has 1 aromatic heterocycles. The molecule has 8 heteroatoms. The van der Waals surface area contributed by atoms with Crippen LogP contribution in [0.3, 0.4) is 0 Å². The van der Waals surface area contributed by atoms with Crippen LogP contribution in [0.1, 0.15) is 39.7 Å². The Hall–Kier alpha value is -3.16. The number of nitrogens with zero attached hydrogens (tertiary/aromatic N) is 3. The zero-order chi connectivity index (χ0) is 20.1. The Balaban J connectivity index is 1.55. The Bertz CT molecular complexity index is 953. The number of imide groups is 1. The predicted octanol–water partition coefficient (Wildman–Crippen LogP) is 3.16. The number of benzene rings is 1. The van der Waals surface area contributed by atoms with Gasteiger partial charge < -0.3 is 14.8 Å². The number of aromatic nitrogens is 2. The molecule has 0 spiro atoms. The van der Waals surface area contributed by atoms with E-state index in [2.05, 4.69) is 29.1 Å². The number of anilines is 1. The molecule has 0 bridgehead atoms. The van der Waals surface area contributed by atoms with Crippen LogP contribution >= 0.6 is 0 Å². The van der Waals surface area contributed by atoms with Crippen molar-refractivity contribution in [1.29, 1.82) is 0 Å². The minimum absolute atomic E-state index is 0.00600. The molecule has 0 saturated carbocycles. The highest BCUT2D eigenvalue weighted by atomic mass is 16.5. The fourth-order valence-electron chi connectivity index (χ4n) is 3.34. The van der Waals surface area contributed by atoms with Gasteiger partial charge in [-0.25, -0.2) is 19.7 Å². The van der Waals surface area contributed by atoms with Crippen LogP contribution < -0.4 is 19.7 Å². The summed E-state index contributed by atoms with van der Waals surface area (Å²) in [7, 11) is 0. The number of hydrogen-bond donors (Lipinski definition) is 1. The number of carbonyl (C=O) groups excluding carboxylic acids is 2. The van der Waals surface area contributed by atoms with Crippen molar-refractivity contribution in [3.05, 3.63) is 36.2 Å². The van der Waals surface area contributed by atoms with Gasteiger partial charge in [0.15, 0.2) is 0 Å².